The number of nitrogen functional groups attached to an aromatic ring is 1. The number of halogens is 1. The summed E-state index contributed by atoms with van der Waals surface area (Å²) < 4.78 is 14.8. The van der Waals surface area contributed by atoms with Gasteiger partial charge >= 0.3 is 0 Å². The van der Waals surface area contributed by atoms with E-state index in [1.54, 1.807) is 10.9 Å². The lowest BCUT2D eigenvalue weighted by Gasteiger charge is -2.03. The van der Waals surface area contributed by atoms with Crippen molar-refractivity contribution in [2.45, 2.75) is 6.54 Å². The second kappa shape index (κ2) is 4.10. The van der Waals surface area contributed by atoms with Gasteiger partial charge in [0.05, 0.1) is 18.3 Å². The molecule has 2 aromatic heterocycles. The van der Waals surface area contributed by atoms with Crippen LogP contribution in [0.5, 0.6) is 0 Å². The summed E-state index contributed by atoms with van der Waals surface area (Å²) in [5.41, 5.74) is 7.52. The van der Waals surface area contributed by atoms with Crippen LogP contribution in [0.4, 0.5) is 10.2 Å². The lowest BCUT2D eigenvalue weighted by Crippen LogP contribution is -2.03. The number of benzene rings is 1. The van der Waals surface area contributed by atoms with Crippen LogP contribution in [-0.4, -0.2) is 14.8 Å². The second-order valence-corrected chi connectivity index (χ2v) is 4.07. The van der Waals surface area contributed by atoms with Crippen LogP contribution >= 0.6 is 0 Å². The minimum absolute atomic E-state index is 0.350. The molecule has 3 rings (SSSR count). The first-order valence-electron chi connectivity index (χ1n) is 5.54. The Morgan fingerprint density at radius 2 is 2.06 bits per heavy atom. The summed E-state index contributed by atoms with van der Waals surface area (Å²) in [5, 5.41) is 5.16. The van der Waals surface area contributed by atoms with E-state index >= 15 is 0 Å². The number of hydrogen-bond acceptors (Lipinski definition) is 3. The Kier molecular flexibility index (Phi) is 2.44. The molecule has 0 saturated heterocycles. The van der Waals surface area contributed by atoms with E-state index in [0.717, 1.165) is 16.5 Å². The van der Waals surface area contributed by atoms with Gasteiger partial charge < -0.3 is 5.73 Å². The van der Waals surface area contributed by atoms with E-state index in [1.807, 2.05) is 24.3 Å². The van der Waals surface area contributed by atoms with E-state index in [-0.39, 0.29) is 5.82 Å². The largest absolute Gasteiger partial charge is 0.382 e. The van der Waals surface area contributed by atoms with Gasteiger partial charge in [0.1, 0.15) is 5.82 Å². The summed E-state index contributed by atoms with van der Waals surface area (Å²) >= 11 is 0. The van der Waals surface area contributed by atoms with Gasteiger partial charge in [0.25, 0.3) is 0 Å². The van der Waals surface area contributed by atoms with Crippen LogP contribution in [-0.2, 0) is 6.54 Å². The predicted molar refractivity (Wildman–Crippen MR) is 67.4 cm³/mol. The van der Waals surface area contributed by atoms with Crippen LogP contribution in [0, 0.1) is 5.82 Å². The molecule has 1 aromatic carbocycles. The maximum Gasteiger partial charge on any atom is 0.153 e. The minimum Gasteiger partial charge on any atom is -0.382 e. The van der Waals surface area contributed by atoms with Crippen molar-refractivity contribution in [3.05, 3.63) is 54.1 Å². The molecular weight excluding hydrogens is 231 g/mol. The van der Waals surface area contributed by atoms with Crippen molar-refractivity contribution >= 4 is 16.7 Å². The third-order valence-electron chi connectivity index (χ3n) is 2.78. The number of pyridine rings is 1. The van der Waals surface area contributed by atoms with Crippen molar-refractivity contribution in [3.63, 3.8) is 0 Å². The van der Waals surface area contributed by atoms with Crippen molar-refractivity contribution in [2.24, 2.45) is 0 Å². The monoisotopic (exact) mass is 242 g/mol. The lowest BCUT2D eigenvalue weighted by atomic mass is 10.2. The van der Waals surface area contributed by atoms with Gasteiger partial charge in [-0.05, 0) is 23.8 Å². The molecule has 0 radical (unpaired) electrons. The normalized spacial score (nSPS) is 10.9. The lowest BCUT2D eigenvalue weighted by molar-refractivity contribution is 0.614. The summed E-state index contributed by atoms with van der Waals surface area (Å²) in [4.78, 5) is 3.82. The molecule has 3 aromatic rings. The maximum atomic E-state index is 13.1. The fourth-order valence-corrected chi connectivity index (χ4v) is 1.99. The molecule has 18 heavy (non-hydrogen) atoms. The molecule has 0 aliphatic carbocycles. The molecular formula is C13H11FN4. The molecule has 0 atom stereocenters. The number of anilines is 1. The second-order valence-electron chi connectivity index (χ2n) is 4.07. The van der Waals surface area contributed by atoms with Gasteiger partial charge in [0.15, 0.2) is 5.82 Å². The van der Waals surface area contributed by atoms with Gasteiger partial charge in [-0.1, -0.05) is 12.1 Å². The molecule has 0 aliphatic rings. The van der Waals surface area contributed by atoms with Crippen molar-refractivity contribution in [1.82, 2.24) is 14.8 Å². The average Bonchev–Trinajstić information content (AvgIpc) is 2.67. The molecule has 0 saturated carbocycles. The third kappa shape index (κ3) is 1.79. The van der Waals surface area contributed by atoms with Crippen molar-refractivity contribution in [2.75, 3.05) is 5.73 Å². The zero-order valence-electron chi connectivity index (χ0n) is 9.55. The molecule has 0 unspecified atom stereocenters. The molecule has 0 spiro atoms. The predicted octanol–water partition coefficient (Wildman–Crippen LogP) is 2.20. The zero-order chi connectivity index (χ0) is 12.5. The highest BCUT2D eigenvalue weighted by atomic mass is 19.1. The quantitative estimate of drug-likeness (QED) is 0.749. The zero-order valence-corrected chi connectivity index (χ0v) is 9.55. The van der Waals surface area contributed by atoms with Gasteiger partial charge in [-0.2, -0.15) is 5.10 Å². The van der Waals surface area contributed by atoms with Gasteiger partial charge in [-0.25, -0.2) is 4.39 Å². The van der Waals surface area contributed by atoms with Crippen molar-refractivity contribution in [3.8, 4) is 0 Å². The summed E-state index contributed by atoms with van der Waals surface area (Å²) in [6.07, 6.45) is 2.80. The number of fused-ring (bicyclic) bond motifs is 1. The Bertz CT molecular complexity index is 705. The number of para-hydroxylation sites is 1. The summed E-state index contributed by atoms with van der Waals surface area (Å²) in [6.45, 7) is 0.447. The van der Waals surface area contributed by atoms with Crippen LogP contribution in [0.2, 0.25) is 0 Å². The van der Waals surface area contributed by atoms with E-state index in [9.17, 15) is 4.39 Å². The number of hydrogen-bond donors (Lipinski definition) is 1. The molecule has 0 amide bonds. The Morgan fingerprint density at radius 1 is 1.22 bits per heavy atom. The first-order valence-corrected chi connectivity index (χ1v) is 5.54. The number of nitrogens with two attached hydrogens (primary N) is 1. The number of nitrogens with zero attached hydrogens (tertiary/aromatic N) is 3. The van der Waals surface area contributed by atoms with E-state index in [4.69, 9.17) is 5.73 Å². The summed E-state index contributed by atoms with van der Waals surface area (Å²) in [5.74, 6) is 0.131. The Balaban J connectivity index is 2.05. The fourth-order valence-electron chi connectivity index (χ4n) is 1.99. The molecule has 0 fully saturated rings. The SMILES string of the molecule is Nc1nn(Cc2cncc(F)c2)c2ccccc12. The van der Waals surface area contributed by atoms with Crippen LogP contribution in [0.1, 0.15) is 5.56 Å². The highest BCUT2D eigenvalue weighted by Gasteiger charge is 2.07. The Morgan fingerprint density at radius 3 is 2.89 bits per heavy atom. The number of rotatable bonds is 2. The van der Waals surface area contributed by atoms with E-state index in [1.165, 1.54) is 12.3 Å². The van der Waals surface area contributed by atoms with Crippen LogP contribution < -0.4 is 5.73 Å². The highest BCUT2D eigenvalue weighted by molar-refractivity contribution is 5.89. The van der Waals surface area contributed by atoms with E-state index in [2.05, 4.69) is 10.1 Å². The van der Waals surface area contributed by atoms with Crippen LogP contribution in [0.15, 0.2) is 42.7 Å². The molecule has 0 aliphatic heterocycles. The Hall–Kier alpha value is -2.43. The summed E-state index contributed by atoms with van der Waals surface area (Å²) in [6, 6.07) is 9.13. The van der Waals surface area contributed by atoms with Crippen LogP contribution in [0.25, 0.3) is 10.9 Å². The molecule has 90 valence electrons. The number of aromatic nitrogens is 3. The molecule has 4 nitrogen and oxygen atoms in total. The topological polar surface area (TPSA) is 56.7 Å². The maximum absolute atomic E-state index is 13.1. The van der Waals surface area contributed by atoms with Gasteiger partial charge in [0.2, 0.25) is 0 Å². The van der Waals surface area contributed by atoms with Gasteiger partial charge in [-0.15, -0.1) is 0 Å². The molecule has 5 heteroatoms. The standard InChI is InChI=1S/C13H11FN4/c14-10-5-9(6-16-7-10)8-18-12-4-2-1-3-11(12)13(15)17-18/h1-7H,8H2,(H2,15,17). The first kappa shape index (κ1) is 10.7. The van der Waals surface area contributed by atoms with E-state index < -0.39 is 0 Å². The smallest absolute Gasteiger partial charge is 0.153 e. The highest BCUT2D eigenvalue weighted by Crippen LogP contribution is 2.20. The fraction of sp³-hybridized carbons (Fsp3) is 0.0769. The van der Waals surface area contributed by atoms with Gasteiger partial charge in [0, 0.05) is 11.6 Å². The minimum atomic E-state index is -0.350. The van der Waals surface area contributed by atoms with E-state index in [0.29, 0.717) is 12.4 Å². The van der Waals surface area contributed by atoms with Crippen molar-refractivity contribution < 1.29 is 4.39 Å². The average molecular weight is 242 g/mol. The molecule has 2 N–H and O–H groups in total. The van der Waals surface area contributed by atoms with Crippen LogP contribution in [0.3, 0.4) is 0 Å². The third-order valence-corrected chi connectivity index (χ3v) is 2.78. The molecule has 0 bridgehead atoms. The Labute approximate surface area is 103 Å². The van der Waals surface area contributed by atoms with Crippen molar-refractivity contribution in [1.29, 1.82) is 0 Å². The molecule has 2 heterocycles. The first-order chi connectivity index (χ1) is 8.74. The van der Waals surface area contributed by atoms with Gasteiger partial charge in [-0.3, -0.25) is 9.67 Å². The summed E-state index contributed by atoms with van der Waals surface area (Å²) in [7, 11) is 0.